The Hall–Kier alpha value is -3.25. The van der Waals surface area contributed by atoms with Gasteiger partial charge in [-0.1, -0.05) is 13.0 Å². The molecule has 4 rings (SSSR count). The number of alkyl halides is 3. The maximum absolute atomic E-state index is 12.9. The molecule has 1 fully saturated rings. The fourth-order valence-corrected chi connectivity index (χ4v) is 5.79. The molecule has 3 aromatic rings. The van der Waals surface area contributed by atoms with E-state index in [0.29, 0.717) is 29.3 Å². The first-order chi connectivity index (χ1) is 18.6. The number of aromatic nitrogens is 5. The molecule has 3 N–H and O–H groups in total. The zero-order chi connectivity index (χ0) is 28.7. The van der Waals surface area contributed by atoms with Crippen molar-refractivity contribution in [1.29, 1.82) is 0 Å². The molecule has 0 aliphatic heterocycles. The molecule has 39 heavy (non-hydrogen) atoms. The van der Waals surface area contributed by atoms with E-state index in [1.54, 1.807) is 19.3 Å². The third kappa shape index (κ3) is 7.45. The van der Waals surface area contributed by atoms with Crippen molar-refractivity contribution in [2.24, 2.45) is 13.0 Å². The summed E-state index contributed by atoms with van der Waals surface area (Å²) in [5, 5.41) is 17.4. The van der Waals surface area contributed by atoms with Gasteiger partial charge in [0.05, 0.1) is 17.0 Å². The number of anilines is 2. The Kier molecular flexibility index (Phi) is 10.3. The van der Waals surface area contributed by atoms with E-state index < -0.39 is 18.8 Å². The van der Waals surface area contributed by atoms with E-state index in [0.717, 1.165) is 34.8 Å². The Morgan fingerprint density at radius 2 is 2.00 bits per heavy atom. The maximum Gasteiger partial charge on any atom is 0.405 e. The van der Waals surface area contributed by atoms with Crippen LogP contribution in [0.15, 0.2) is 31.6 Å². The van der Waals surface area contributed by atoms with Crippen molar-refractivity contribution < 1.29 is 18.3 Å². The quantitative estimate of drug-likeness (QED) is 0.262. The van der Waals surface area contributed by atoms with Gasteiger partial charge in [0.2, 0.25) is 5.95 Å². The number of thiazole rings is 1. The van der Waals surface area contributed by atoms with Gasteiger partial charge in [-0.15, -0.1) is 24.5 Å². The Morgan fingerprint density at radius 1 is 1.26 bits per heavy atom. The van der Waals surface area contributed by atoms with Gasteiger partial charge in [-0.05, 0) is 51.5 Å². The maximum atomic E-state index is 12.9. The lowest BCUT2D eigenvalue weighted by Gasteiger charge is -2.20. The monoisotopic (exact) mass is 563 g/mol. The first kappa shape index (κ1) is 30.3. The smallest absolute Gasteiger partial charge is 0.385 e. The summed E-state index contributed by atoms with van der Waals surface area (Å²) < 4.78 is 40.4. The minimum atomic E-state index is -4.39. The topological polar surface area (TPSA) is 101 Å². The molecule has 1 aliphatic rings. The van der Waals surface area contributed by atoms with Crippen molar-refractivity contribution in [1.82, 2.24) is 24.5 Å². The molecule has 0 radical (unpaired) electrons. The van der Waals surface area contributed by atoms with E-state index in [1.165, 1.54) is 11.3 Å². The number of nitrogens with one attached hydrogen (secondary N) is 2. The predicted molar refractivity (Wildman–Crippen MR) is 151 cm³/mol. The Morgan fingerprint density at radius 3 is 2.62 bits per heavy atom. The molecule has 0 amide bonds. The largest absolute Gasteiger partial charge is 0.405 e. The van der Waals surface area contributed by atoms with Gasteiger partial charge >= 0.3 is 6.18 Å². The van der Waals surface area contributed by atoms with E-state index in [-0.39, 0.29) is 17.9 Å². The second kappa shape index (κ2) is 13.2. The number of rotatable bonds is 9. The van der Waals surface area contributed by atoms with E-state index in [4.69, 9.17) is 4.98 Å². The average Bonchev–Trinajstić information content (AvgIpc) is 3.63. The van der Waals surface area contributed by atoms with Gasteiger partial charge in [0.1, 0.15) is 29.3 Å². The molecule has 0 spiro atoms. The molecule has 1 saturated carbocycles. The lowest BCUT2D eigenvalue weighted by molar-refractivity contribution is -0.115. The van der Waals surface area contributed by atoms with Crippen LogP contribution in [0.4, 0.5) is 24.9 Å². The standard InChI is InChI=1S/C25H32F3N7OS.C2H4/c1-5-7-17-18(6-2)37-23(33-17)19-14(3)31-24(30-13-25(26,27)28)34-21(19)32-16-9-8-15(12-16)20(36)22-29-10-11-35(22)4;1-2/h5,7,10-11,15-16,20,36H,6,8-9,12-13H2,1-4H3,(H2,30,31,32,34);1-2H2/b7-5-;. The highest BCUT2D eigenvalue weighted by Crippen LogP contribution is 2.40. The molecule has 212 valence electrons. The lowest BCUT2D eigenvalue weighted by atomic mass is 10.00. The molecule has 0 bridgehead atoms. The number of allylic oxidation sites excluding steroid dienone is 1. The molecule has 3 heterocycles. The number of hydrogen-bond acceptors (Lipinski definition) is 8. The average molecular weight is 564 g/mol. The molecular weight excluding hydrogens is 527 g/mol. The zero-order valence-electron chi connectivity index (χ0n) is 22.7. The number of halogens is 3. The van der Waals surface area contributed by atoms with Crippen LogP contribution in [0.1, 0.15) is 61.3 Å². The van der Waals surface area contributed by atoms with E-state index in [9.17, 15) is 18.3 Å². The minimum absolute atomic E-state index is 0.000611. The molecular formula is C27H36F3N7OS. The van der Waals surface area contributed by atoms with Gasteiger partial charge < -0.3 is 20.3 Å². The van der Waals surface area contributed by atoms with Crippen molar-refractivity contribution in [2.75, 3.05) is 17.2 Å². The number of aliphatic hydroxyl groups is 1. The van der Waals surface area contributed by atoms with E-state index >= 15 is 0 Å². The van der Waals surface area contributed by atoms with Crippen LogP contribution in [0.2, 0.25) is 0 Å². The molecule has 3 aromatic heterocycles. The molecule has 8 nitrogen and oxygen atoms in total. The van der Waals surface area contributed by atoms with Crippen LogP contribution < -0.4 is 10.6 Å². The van der Waals surface area contributed by atoms with Crippen molar-refractivity contribution in [3.05, 3.63) is 53.7 Å². The number of aliphatic hydroxyl groups excluding tert-OH is 1. The summed E-state index contributed by atoms with van der Waals surface area (Å²) in [7, 11) is 1.85. The molecule has 3 atom stereocenters. The van der Waals surface area contributed by atoms with Crippen LogP contribution in [0.3, 0.4) is 0 Å². The molecule has 3 unspecified atom stereocenters. The number of nitrogens with zero attached hydrogens (tertiary/aromatic N) is 5. The highest BCUT2D eigenvalue weighted by molar-refractivity contribution is 7.15. The van der Waals surface area contributed by atoms with E-state index in [1.807, 2.05) is 30.7 Å². The SMILES string of the molecule is C/C=C\c1nc(-c2c(C)nc(NCC(F)(F)F)nc2NC2CCC(C(O)c3nccn3C)C2)sc1CC.C=C. The first-order valence-corrected chi connectivity index (χ1v) is 13.6. The van der Waals surface area contributed by atoms with Crippen molar-refractivity contribution >= 4 is 29.2 Å². The third-order valence-corrected chi connectivity index (χ3v) is 7.74. The molecule has 0 aromatic carbocycles. The summed E-state index contributed by atoms with van der Waals surface area (Å²) in [4.78, 5) is 19.0. The fraction of sp³-hybridized carbons (Fsp3) is 0.481. The summed E-state index contributed by atoms with van der Waals surface area (Å²) in [6, 6.07) is -0.0240. The summed E-state index contributed by atoms with van der Waals surface area (Å²) in [6.45, 7) is 10.5. The Balaban J connectivity index is 0.00000205. The second-order valence-electron chi connectivity index (χ2n) is 9.26. The van der Waals surface area contributed by atoms with Gasteiger partial charge in [0, 0.05) is 30.4 Å². The lowest BCUT2D eigenvalue weighted by Crippen LogP contribution is -2.24. The summed E-state index contributed by atoms with van der Waals surface area (Å²) >= 11 is 1.53. The van der Waals surface area contributed by atoms with Crippen LogP contribution in [0, 0.1) is 12.8 Å². The van der Waals surface area contributed by atoms with Gasteiger partial charge in [0.25, 0.3) is 0 Å². The normalized spacial score (nSPS) is 18.2. The van der Waals surface area contributed by atoms with Crippen molar-refractivity contribution in [3.8, 4) is 10.6 Å². The van der Waals surface area contributed by atoms with Gasteiger partial charge in [0.15, 0.2) is 0 Å². The summed E-state index contributed by atoms with van der Waals surface area (Å²) in [6.07, 6.45) is 5.29. The predicted octanol–water partition coefficient (Wildman–Crippen LogP) is 6.33. The summed E-state index contributed by atoms with van der Waals surface area (Å²) in [5.74, 6) is 0.970. The number of imidazole rings is 1. The second-order valence-corrected chi connectivity index (χ2v) is 10.3. The zero-order valence-corrected chi connectivity index (χ0v) is 23.5. The highest BCUT2D eigenvalue weighted by Gasteiger charge is 2.34. The van der Waals surface area contributed by atoms with Crippen LogP contribution in [0.5, 0.6) is 0 Å². The molecule has 1 aliphatic carbocycles. The minimum Gasteiger partial charge on any atom is -0.385 e. The number of hydrogen-bond donors (Lipinski definition) is 3. The van der Waals surface area contributed by atoms with Crippen LogP contribution in [-0.2, 0) is 13.5 Å². The van der Waals surface area contributed by atoms with Crippen LogP contribution >= 0.6 is 11.3 Å². The third-order valence-electron chi connectivity index (χ3n) is 6.51. The first-order valence-electron chi connectivity index (χ1n) is 12.8. The van der Waals surface area contributed by atoms with E-state index in [2.05, 4.69) is 45.7 Å². The Bertz CT molecular complexity index is 1270. The summed E-state index contributed by atoms with van der Waals surface area (Å²) in [5.41, 5.74) is 2.09. The number of aryl methyl sites for hydroxylation is 3. The van der Waals surface area contributed by atoms with Gasteiger partial charge in [-0.3, -0.25) is 0 Å². The van der Waals surface area contributed by atoms with Gasteiger partial charge in [-0.2, -0.15) is 18.2 Å². The van der Waals surface area contributed by atoms with Crippen LogP contribution in [-0.4, -0.2) is 48.4 Å². The molecule has 12 heteroatoms. The van der Waals surface area contributed by atoms with Crippen molar-refractivity contribution in [3.63, 3.8) is 0 Å². The van der Waals surface area contributed by atoms with Crippen LogP contribution in [0.25, 0.3) is 16.6 Å². The van der Waals surface area contributed by atoms with Crippen molar-refractivity contribution in [2.45, 2.75) is 64.8 Å². The highest BCUT2D eigenvalue weighted by atomic mass is 32.1. The Labute approximate surface area is 231 Å². The fourth-order valence-electron chi connectivity index (χ4n) is 4.70. The molecule has 0 saturated heterocycles. The van der Waals surface area contributed by atoms with Gasteiger partial charge in [-0.25, -0.2) is 15.0 Å².